The van der Waals surface area contributed by atoms with Crippen molar-refractivity contribution in [3.8, 4) is 6.07 Å². The van der Waals surface area contributed by atoms with Crippen molar-refractivity contribution in [2.45, 2.75) is 12.5 Å². The number of fused-ring (bicyclic) bond motifs is 1. The van der Waals surface area contributed by atoms with Gasteiger partial charge in [-0.3, -0.25) is 9.59 Å². The number of nitrogens with one attached hydrogen (secondary N) is 1. The molecule has 104 valence electrons. The Balaban J connectivity index is 2.13. The minimum atomic E-state index is -0.731. The molecule has 0 bridgehead atoms. The summed E-state index contributed by atoms with van der Waals surface area (Å²) in [5, 5.41) is 11.0. The quantitative estimate of drug-likeness (QED) is 0.795. The van der Waals surface area contributed by atoms with Gasteiger partial charge in [0.2, 0.25) is 11.8 Å². The second-order valence-corrected chi connectivity index (χ2v) is 5.28. The molecular formula is C13H13BrN4O2. The van der Waals surface area contributed by atoms with Gasteiger partial charge in [0.05, 0.1) is 18.2 Å². The molecule has 0 saturated carbocycles. The SMILES string of the molecule is N#CCCNC(=O)CN1C(=O)C(N)c2ccc(Br)cc21. The standard InChI is InChI=1S/C13H13BrN4O2/c14-8-2-3-9-10(6-8)18(13(20)12(9)16)7-11(19)17-5-1-4-15/h2-3,6,12H,1,5,7,16H2,(H,17,19). The zero-order valence-corrected chi connectivity index (χ0v) is 12.2. The molecule has 0 aliphatic carbocycles. The Labute approximate surface area is 124 Å². The summed E-state index contributed by atoms with van der Waals surface area (Å²) in [5.74, 6) is -0.609. The number of carbonyl (C=O) groups excluding carboxylic acids is 2. The van der Waals surface area contributed by atoms with Crippen LogP contribution in [-0.2, 0) is 9.59 Å². The largest absolute Gasteiger partial charge is 0.354 e. The minimum Gasteiger partial charge on any atom is -0.354 e. The molecule has 3 N–H and O–H groups in total. The predicted octanol–water partition coefficient (Wildman–Crippen LogP) is 0.825. The van der Waals surface area contributed by atoms with E-state index in [0.29, 0.717) is 11.3 Å². The molecule has 0 radical (unpaired) electrons. The maximum Gasteiger partial charge on any atom is 0.249 e. The Bertz CT molecular complexity index is 597. The molecule has 1 atom stereocenters. The fraction of sp³-hybridized carbons (Fsp3) is 0.308. The Morgan fingerprint density at radius 1 is 1.55 bits per heavy atom. The number of rotatable bonds is 4. The van der Waals surface area contributed by atoms with E-state index in [1.165, 1.54) is 4.90 Å². The van der Waals surface area contributed by atoms with Crippen molar-refractivity contribution in [1.82, 2.24) is 5.32 Å². The summed E-state index contributed by atoms with van der Waals surface area (Å²) in [4.78, 5) is 25.2. The average Bonchev–Trinajstić information content (AvgIpc) is 2.64. The first-order chi connectivity index (χ1) is 9.54. The van der Waals surface area contributed by atoms with Gasteiger partial charge in [-0.15, -0.1) is 0 Å². The van der Waals surface area contributed by atoms with Gasteiger partial charge in [0.1, 0.15) is 12.6 Å². The number of nitrogens with two attached hydrogens (primary N) is 1. The molecule has 0 fully saturated rings. The molecule has 1 aromatic carbocycles. The summed E-state index contributed by atoms with van der Waals surface area (Å²) in [6, 6.07) is 6.55. The van der Waals surface area contributed by atoms with E-state index in [1.807, 2.05) is 12.1 Å². The van der Waals surface area contributed by atoms with Gasteiger partial charge in [0.25, 0.3) is 0 Å². The molecular weight excluding hydrogens is 324 g/mol. The van der Waals surface area contributed by atoms with Crippen LogP contribution in [0.1, 0.15) is 18.0 Å². The van der Waals surface area contributed by atoms with Crippen LogP contribution in [0.4, 0.5) is 5.69 Å². The number of benzene rings is 1. The molecule has 1 aliphatic rings. The summed E-state index contributed by atoms with van der Waals surface area (Å²) < 4.78 is 0.813. The lowest BCUT2D eigenvalue weighted by molar-refractivity contribution is -0.124. The van der Waals surface area contributed by atoms with E-state index < -0.39 is 6.04 Å². The normalized spacial score (nSPS) is 16.8. The minimum absolute atomic E-state index is 0.0958. The highest BCUT2D eigenvalue weighted by atomic mass is 79.9. The van der Waals surface area contributed by atoms with Gasteiger partial charge in [-0.05, 0) is 12.1 Å². The van der Waals surface area contributed by atoms with Crippen molar-refractivity contribution in [2.24, 2.45) is 5.73 Å². The number of hydrogen-bond acceptors (Lipinski definition) is 4. The third-order valence-corrected chi connectivity index (χ3v) is 3.50. The summed E-state index contributed by atoms with van der Waals surface area (Å²) in [6.45, 7) is 0.177. The first kappa shape index (κ1) is 14.5. The van der Waals surface area contributed by atoms with Crippen LogP contribution >= 0.6 is 15.9 Å². The zero-order valence-electron chi connectivity index (χ0n) is 10.6. The summed E-state index contributed by atoms with van der Waals surface area (Å²) in [5.41, 5.74) is 7.20. The highest BCUT2D eigenvalue weighted by molar-refractivity contribution is 9.10. The third-order valence-electron chi connectivity index (χ3n) is 3.01. The van der Waals surface area contributed by atoms with E-state index in [2.05, 4.69) is 21.2 Å². The predicted molar refractivity (Wildman–Crippen MR) is 76.7 cm³/mol. The molecule has 1 unspecified atom stereocenters. The number of nitrogens with zero attached hydrogens (tertiary/aromatic N) is 2. The first-order valence-electron chi connectivity index (χ1n) is 6.04. The van der Waals surface area contributed by atoms with Crippen molar-refractivity contribution < 1.29 is 9.59 Å². The van der Waals surface area contributed by atoms with Gasteiger partial charge >= 0.3 is 0 Å². The first-order valence-corrected chi connectivity index (χ1v) is 6.84. The Hall–Kier alpha value is -1.91. The van der Waals surface area contributed by atoms with Crippen LogP contribution in [0, 0.1) is 11.3 Å². The highest BCUT2D eigenvalue weighted by Crippen LogP contribution is 2.36. The van der Waals surface area contributed by atoms with Gasteiger partial charge in [-0.1, -0.05) is 22.0 Å². The highest BCUT2D eigenvalue weighted by Gasteiger charge is 2.35. The van der Waals surface area contributed by atoms with Crippen LogP contribution in [-0.4, -0.2) is 24.9 Å². The van der Waals surface area contributed by atoms with Gasteiger partial charge in [-0.2, -0.15) is 5.26 Å². The van der Waals surface area contributed by atoms with Crippen LogP contribution in [0.15, 0.2) is 22.7 Å². The molecule has 20 heavy (non-hydrogen) atoms. The fourth-order valence-corrected chi connectivity index (χ4v) is 2.40. The average molecular weight is 337 g/mol. The molecule has 6 nitrogen and oxygen atoms in total. The van der Waals surface area contributed by atoms with Crippen LogP contribution in [0.3, 0.4) is 0 Å². The number of amides is 2. The number of nitriles is 1. The number of carbonyl (C=O) groups is 2. The van der Waals surface area contributed by atoms with E-state index >= 15 is 0 Å². The maximum atomic E-state index is 12.1. The smallest absolute Gasteiger partial charge is 0.249 e. The molecule has 1 heterocycles. The molecule has 1 aromatic rings. The van der Waals surface area contributed by atoms with E-state index in [9.17, 15) is 9.59 Å². The van der Waals surface area contributed by atoms with Crippen molar-refractivity contribution in [3.05, 3.63) is 28.2 Å². The monoisotopic (exact) mass is 336 g/mol. The van der Waals surface area contributed by atoms with E-state index in [4.69, 9.17) is 11.0 Å². The van der Waals surface area contributed by atoms with Crippen molar-refractivity contribution in [3.63, 3.8) is 0 Å². The topological polar surface area (TPSA) is 99.2 Å². The van der Waals surface area contributed by atoms with Crippen LogP contribution in [0.2, 0.25) is 0 Å². The lowest BCUT2D eigenvalue weighted by Gasteiger charge is -2.17. The Morgan fingerprint density at radius 2 is 2.30 bits per heavy atom. The summed E-state index contributed by atoms with van der Waals surface area (Å²) >= 11 is 3.33. The van der Waals surface area contributed by atoms with Crippen molar-refractivity contribution >= 4 is 33.4 Å². The van der Waals surface area contributed by atoms with Gasteiger partial charge < -0.3 is 16.0 Å². The summed E-state index contributed by atoms with van der Waals surface area (Å²) in [7, 11) is 0. The molecule has 2 amide bonds. The second-order valence-electron chi connectivity index (χ2n) is 4.36. The summed E-state index contributed by atoms with van der Waals surface area (Å²) in [6.07, 6.45) is 0.237. The van der Waals surface area contributed by atoms with Crippen LogP contribution in [0.5, 0.6) is 0 Å². The maximum absolute atomic E-state index is 12.1. The van der Waals surface area contributed by atoms with Crippen LogP contribution in [0.25, 0.3) is 0 Å². The molecule has 7 heteroatoms. The second kappa shape index (κ2) is 6.03. The zero-order chi connectivity index (χ0) is 14.7. The van der Waals surface area contributed by atoms with E-state index in [0.717, 1.165) is 4.47 Å². The fourth-order valence-electron chi connectivity index (χ4n) is 2.05. The number of anilines is 1. The van der Waals surface area contributed by atoms with Crippen molar-refractivity contribution in [2.75, 3.05) is 18.0 Å². The lowest BCUT2D eigenvalue weighted by Crippen LogP contribution is -2.40. The molecule has 1 aliphatic heterocycles. The molecule has 0 saturated heterocycles. The van der Waals surface area contributed by atoms with Crippen LogP contribution < -0.4 is 16.0 Å². The van der Waals surface area contributed by atoms with Gasteiger partial charge in [-0.25, -0.2) is 0 Å². The lowest BCUT2D eigenvalue weighted by atomic mass is 10.1. The molecule has 0 spiro atoms. The molecule has 0 aromatic heterocycles. The molecule has 2 rings (SSSR count). The van der Waals surface area contributed by atoms with E-state index in [-0.39, 0.29) is 31.3 Å². The number of hydrogen-bond donors (Lipinski definition) is 2. The Morgan fingerprint density at radius 3 is 3.00 bits per heavy atom. The van der Waals surface area contributed by atoms with Gasteiger partial charge in [0, 0.05) is 16.6 Å². The Kier molecular flexibility index (Phi) is 4.37. The third kappa shape index (κ3) is 2.81. The van der Waals surface area contributed by atoms with Gasteiger partial charge in [0.15, 0.2) is 0 Å². The number of halogens is 1. The van der Waals surface area contributed by atoms with Crippen molar-refractivity contribution in [1.29, 1.82) is 5.26 Å². The van der Waals surface area contributed by atoms with E-state index in [1.54, 1.807) is 12.1 Å².